The van der Waals surface area contributed by atoms with Crippen molar-refractivity contribution in [1.29, 1.82) is 0 Å². The standard InChI is InChI=1S/C15H10Cl2NO2S/c1-21(19,20)18-8-7-10-9-11(5-6-14(10)18)15-12(16)3-2-4-13(15)17/h3-9H,1H3. The van der Waals surface area contributed by atoms with Gasteiger partial charge in [-0.3, -0.25) is 0 Å². The molecule has 107 valence electrons. The van der Waals surface area contributed by atoms with Crippen LogP contribution < -0.4 is 0 Å². The van der Waals surface area contributed by atoms with E-state index in [1.807, 2.05) is 6.07 Å². The van der Waals surface area contributed by atoms with E-state index in [-0.39, 0.29) is 0 Å². The van der Waals surface area contributed by atoms with Crippen molar-refractivity contribution >= 4 is 44.1 Å². The molecule has 3 aromatic rings. The molecule has 0 saturated heterocycles. The summed E-state index contributed by atoms with van der Waals surface area (Å²) in [5.41, 5.74) is 2.17. The van der Waals surface area contributed by atoms with Crippen LogP contribution in [0, 0.1) is 6.07 Å². The summed E-state index contributed by atoms with van der Waals surface area (Å²) in [6.07, 6.45) is 2.70. The van der Waals surface area contributed by atoms with Crippen LogP contribution in [0.3, 0.4) is 0 Å². The van der Waals surface area contributed by atoms with Crippen molar-refractivity contribution in [3.63, 3.8) is 0 Å². The zero-order valence-electron chi connectivity index (χ0n) is 11.0. The van der Waals surface area contributed by atoms with Crippen LogP contribution in [0.5, 0.6) is 0 Å². The molecule has 0 N–H and O–H groups in total. The lowest BCUT2D eigenvalue weighted by Crippen LogP contribution is -2.07. The number of fused-ring (bicyclic) bond motifs is 1. The lowest BCUT2D eigenvalue weighted by atomic mass is 10.0. The predicted molar refractivity (Wildman–Crippen MR) is 86.5 cm³/mol. The third kappa shape index (κ3) is 2.55. The first-order valence-electron chi connectivity index (χ1n) is 6.05. The molecule has 1 aromatic heterocycles. The van der Waals surface area contributed by atoms with Crippen molar-refractivity contribution in [3.8, 4) is 11.1 Å². The highest BCUT2D eigenvalue weighted by Gasteiger charge is 2.13. The molecule has 3 rings (SSSR count). The molecule has 1 radical (unpaired) electrons. The Morgan fingerprint density at radius 3 is 2.38 bits per heavy atom. The van der Waals surface area contributed by atoms with Crippen molar-refractivity contribution in [2.75, 3.05) is 6.26 Å². The fraction of sp³-hybridized carbons (Fsp3) is 0.0667. The Labute approximate surface area is 132 Å². The molecule has 0 aliphatic heterocycles. The van der Waals surface area contributed by atoms with Gasteiger partial charge in [-0.2, -0.15) is 0 Å². The second kappa shape index (κ2) is 5.05. The van der Waals surface area contributed by atoms with E-state index in [1.165, 1.54) is 16.4 Å². The molecule has 0 aliphatic rings. The Hall–Kier alpha value is -1.49. The van der Waals surface area contributed by atoms with Crippen LogP contribution in [-0.2, 0) is 10.0 Å². The second-order valence-corrected chi connectivity index (χ2v) is 7.35. The minimum Gasteiger partial charge on any atom is -0.245 e. The Morgan fingerprint density at radius 1 is 1.10 bits per heavy atom. The number of benzene rings is 2. The fourth-order valence-corrected chi connectivity index (χ4v) is 3.69. The highest BCUT2D eigenvalue weighted by Crippen LogP contribution is 2.35. The summed E-state index contributed by atoms with van der Waals surface area (Å²) in [5, 5.41) is 1.81. The first-order chi connectivity index (χ1) is 9.88. The molecular formula is C15H10Cl2NO2S. The van der Waals surface area contributed by atoms with Gasteiger partial charge in [0.05, 0.1) is 21.8 Å². The number of nitrogens with zero attached hydrogens (tertiary/aromatic N) is 1. The quantitative estimate of drug-likeness (QED) is 0.701. The molecule has 0 fully saturated rings. The molecule has 0 bridgehead atoms. The Morgan fingerprint density at radius 2 is 1.76 bits per heavy atom. The van der Waals surface area contributed by atoms with Gasteiger partial charge in [0.1, 0.15) is 0 Å². The lowest BCUT2D eigenvalue weighted by Gasteiger charge is -2.08. The molecule has 0 amide bonds. The minimum absolute atomic E-state index is 0.504. The zero-order valence-corrected chi connectivity index (χ0v) is 13.3. The van der Waals surface area contributed by atoms with Gasteiger partial charge in [-0.1, -0.05) is 29.3 Å². The highest BCUT2D eigenvalue weighted by molar-refractivity contribution is 7.89. The van der Waals surface area contributed by atoms with E-state index in [1.54, 1.807) is 30.3 Å². The maximum atomic E-state index is 11.7. The molecule has 21 heavy (non-hydrogen) atoms. The molecule has 0 unspecified atom stereocenters. The van der Waals surface area contributed by atoms with Gasteiger partial charge in [-0.15, -0.1) is 0 Å². The van der Waals surface area contributed by atoms with Crippen molar-refractivity contribution in [2.24, 2.45) is 0 Å². The van der Waals surface area contributed by atoms with Crippen LogP contribution in [0.1, 0.15) is 0 Å². The average Bonchev–Trinajstić information content (AvgIpc) is 2.81. The number of rotatable bonds is 2. The molecular weight excluding hydrogens is 329 g/mol. The summed E-state index contributed by atoms with van der Waals surface area (Å²) in [4.78, 5) is 0. The van der Waals surface area contributed by atoms with Gasteiger partial charge in [0.15, 0.2) is 0 Å². The molecule has 0 spiro atoms. The smallest absolute Gasteiger partial charge is 0.236 e. The summed E-state index contributed by atoms with van der Waals surface area (Å²) >= 11 is 12.4. The predicted octanol–water partition coefficient (Wildman–Crippen LogP) is 4.22. The Kier molecular flexibility index (Phi) is 3.48. The van der Waals surface area contributed by atoms with E-state index in [4.69, 9.17) is 23.2 Å². The van der Waals surface area contributed by atoms with Gasteiger partial charge in [0.25, 0.3) is 0 Å². The minimum atomic E-state index is -3.32. The molecule has 0 saturated carbocycles. The zero-order chi connectivity index (χ0) is 15.2. The second-order valence-electron chi connectivity index (χ2n) is 4.67. The van der Waals surface area contributed by atoms with Crippen molar-refractivity contribution in [1.82, 2.24) is 3.97 Å². The number of aromatic nitrogens is 1. The topological polar surface area (TPSA) is 39.1 Å². The van der Waals surface area contributed by atoms with Crippen LogP contribution in [0.4, 0.5) is 0 Å². The summed E-state index contributed by atoms with van der Waals surface area (Å²) in [5.74, 6) is 0. The van der Waals surface area contributed by atoms with Gasteiger partial charge < -0.3 is 0 Å². The summed E-state index contributed by atoms with van der Waals surface area (Å²) in [6, 6.07) is 13.3. The monoisotopic (exact) mass is 338 g/mol. The van der Waals surface area contributed by atoms with Crippen molar-refractivity contribution in [2.45, 2.75) is 0 Å². The summed E-state index contributed by atoms with van der Waals surface area (Å²) in [6.45, 7) is 0. The van der Waals surface area contributed by atoms with Crippen molar-refractivity contribution in [3.05, 3.63) is 58.7 Å². The first-order valence-corrected chi connectivity index (χ1v) is 8.65. The maximum absolute atomic E-state index is 11.7. The Bertz CT molecular complexity index is 925. The maximum Gasteiger partial charge on any atom is 0.236 e. The number of hydrogen-bond acceptors (Lipinski definition) is 2. The van der Waals surface area contributed by atoms with E-state index in [0.717, 1.165) is 10.9 Å². The third-order valence-electron chi connectivity index (χ3n) is 3.20. The van der Waals surface area contributed by atoms with Crippen LogP contribution in [0.25, 0.3) is 22.0 Å². The van der Waals surface area contributed by atoms with E-state index in [9.17, 15) is 8.42 Å². The number of halogens is 2. The highest BCUT2D eigenvalue weighted by atomic mass is 35.5. The molecule has 0 atom stereocenters. The third-order valence-corrected chi connectivity index (χ3v) is 4.83. The van der Waals surface area contributed by atoms with Gasteiger partial charge in [0.2, 0.25) is 10.0 Å². The summed E-state index contributed by atoms with van der Waals surface area (Å²) < 4.78 is 24.6. The number of hydrogen-bond donors (Lipinski definition) is 0. The molecule has 0 aliphatic carbocycles. The van der Waals surface area contributed by atoms with Gasteiger partial charge in [0, 0.05) is 17.1 Å². The van der Waals surface area contributed by atoms with Crippen molar-refractivity contribution < 1.29 is 8.42 Å². The normalized spacial score (nSPS) is 12.0. The van der Waals surface area contributed by atoms with Crippen LogP contribution in [0.15, 0.2) is 42.6 Å². The fourth-order valence-electron chi connectivity index (χ4n) is 2.28. The molecule has 6 heteroatoms. The largest absolute Gasteiger partial charge is 0.245 e. The first kappa shape index (κ1) is 14.4. The van der Waals surface area contributed by atoms with Crippen LogP contribution in [0.2, 0.25) is 10.0 Å². The van der Waals surface area contributed by atoms with E-state index in [2.05, 4.69) is 6.07 Å². The van der Waals surface area contributed by atoms with Gasteiger partial charge >= 0.3 is 0 Å². The van der Waals surface area contributed by atoms with E-state index >= 15 is 0 Å². The Balaban J connectivity index is 2.24. The van der Waals surface area contributed by atoms with E-state index in [0.29, 0.717) is 21.1 Å². The molecule has 1 heterocycles. The van der Waals surface area contributed by atoms with Crippen LogP contribution >= 0.6 is 23.2 Å². The van der Waals surface area contributed by atoms with Gasteiger partial charge in [-0.25, -0.2) is 12.4 Å². The summed E-state index contributed by atoms with van der Waals surface area (Å²) in [7, 11) is -3.32. The van der Waals surface area contributed by atoms with Gasteiger partial charge in [-0.05, 0) is 42.0 Å². The lowest BCUT2D eigenvalue weighted by molar-refractivity contribution is 0.595. The molecule has 2 aromatic carbocycles. The van der Waals surface area contributed by atoms with E-state index < -0.39 is 10.0 Å². The van der Waals surface area contributed by atoms with Crippen LogP contribution in [-0.4, -0.2) is 18.6 Å². The SMILES string of the molecule is CS(=O)(=O)n1ccc2cc(-c3c(Cl)c[c]cc3Cl)ccc21. The molecule has 3 nitrogen and oxygen atoms in total. The average molecular weight is 339 g/mol.